The Hall–Kier alpha value is 0.0969. The van der Waals surface area contributed by atoms with Crippen molar-refractivity contribution in [1.29, 1.82) is 0 Å². The molecule has 0 aromatic rings. The SMILES string of the molecule is CCN(CC)[Si](C)(N(CC)CC)N(CC)CC. The van der Waals surface area contributed by atoms with Gasteiger partial charge in [-0.25, -0.2) is 0 Å². The molecule has 0 saturated carbocycles. The topological polar surface area (TPSA) is 9.72 Å². The standard InChI is InChI=1S/C13H33N3Si/c1-8-14(9-2)17(7,15(10-3)11-4)16(12-5)13-6/h8-13H2,1-7H3. The lowest BCUT2D eigenvalue weighted by Gasteiger charge is -2.51. The average molecular weight is 260 g/mol. The van der Waals surface area contributed by atoms with Crippen LogP contribution in [0.2, 0.25) is 6.55 Å². The van der Waals surface area contributed by atoms with Gasteiger partial charge in [-0.2, -0.15) is 0 Å². The van der Waals surface area contributed by atoms with Gasteiger partial charge in [-0.3, -0.25) is 0 Å². The molecule has 0 fully saturated rings. The predicted octanol–water partition coefficient (Wildman–Crippen LogP) is 2.58. The minimum Gasteiger partial charge on any atom is -0.300 e. The van der Waals surface area contributed by atoms with Gasteiger partial charge in [0.15, 0.2) is 0 Å². The fraction of sp³-hybridized carbons (Fsp3) is 1.00. The fourth-order valence-electron chi connectivity index (χ4n) is 3.07. The Kier molecular flexibility index (Phi) is 8.29. The lowest BCUT2D eigenvalue weighted by atomic mass is 10.6. The summed E-state index contributed by atoms with van der Waals surface area (Å²) >= 11 is 0. The molecule has 0 heterocycles. The van der Waals surface area contributed by atoms with Crippen molar-refractivity contribution in [3.8, 4) is 0 Å². The Morgan fingerprint density at radius 1 is 0.529 bits per heavy atom. The van der Waals surface area contributed by atoms with Gasteiger partial charge in [0.05, 0.1) is 0 Å². The van der Waals surface area contributed by atoms with Gasteiger partial charge in [0.1, 0.15) is 0 Å². The lowest BCUT2D eigenvalue weighted by molar-refractivity contribution is 0.268. The molecule has 4 heteroatoms. The molecule has 0 aliphatic heterocycles. The van der Waals surface area contributed by atoms with Crippen molar-refractivity contribution in [3.63, 3.8) is 0 Å². The highest BCUT2D eigenvalue weighted by Crippen LogP contribution is 2.20. The summed E-state index contributed by atoms with van der Waals surface area (Å²) < 4.78 is 8.10. The lowest BCUT2D eigenvalue weighted by Crippen LogP contribution is -2.73. The average Bonchev–Trinajstić information content (AvgIpc) is 2.33. The molecule has 0 saturated heterocycles. The third-order valence-electron chi connectivity index (χ3n) is 4.09. The maximum absolute atomic E-state index is 2.70. The van der Waals surface area contributed by atoms with Crippen LogP contribution >= 0.6 is 0 Å². The van der Waals surface area contributed by atoms with Crippen LogP contribution in [0.3, 0.4) is 0 Å². The molecule has 0 aromatic carbocycles. The van der Waals surface area contributed by atoms with Gasteiger partial charge >= 0.3 is 0 Å². The molecular formula is C13H33N3Si. The molecular weight excluding hydrogens is 226 g/mol. The summed E-state index contributed by atoms with van der Waals surface area (Å²) in [6.45, 7) is 23.2. The molecule has 0 N–H and O–H groups in total. The van der Waals surface area contributed by atoms with Crippen LogP contribution in [-0.4, -0.2) is 61.5 Å². The maximum atomic E-state index is 2.70. The minimum atomic E-state index is -1.64. The molecule has 17 heavy (non-hydrogen) atoms. The van der Waals surface area contributed by atoms with Crippen molar-refractivity contribution in [2.45, 2.75) is 48.1 Å². The van der Waals surface area contributed by atoms with E-state index in [0.29, 0.717) is 0 Å². The third-order valence-corrected chi connectivity index (χ3v) is 9.58. The highest BCUT2D eigenvalue weighted by molar-refractivity contribution is 6.70. The highest BCUT2D eigenvalue weighted by atomic mass is 28.4. The van der Waals surface area contributed by atoms with E-state index in [-0.39, 0.29) is 0 Å². The second-order valence-electron chi connectivity index (χ2n) is 4.49. The van der Waals surface area contributed by atoms with Gasteiger partial charge in [0.25, 0.3) is 8.56 Å². The Morgan fingerprint density at radius 2 is 0.706 bits per heavy atom. The minimum absolute atomic E-state index is 1.16. The van der Waals surface area contributed by atoms with Crippen LogP contribution in [0.25, 0.3) is 0 Å². The third kappa shape index (κ3) is 3.53. The number of rotatable bonds is 9. The van der Waals surface area contributed by atoms with Gasteiger partial charge in [-0.15, -0.1) is 0 Å². The summed E-state index contributed by atoms with van der Waals surface area (Å²) in [6.07, 6.45) is 0. The Bertz CT molecular complexity index is 156. The number of nitrogens with zero attached hydrogens (tertiary/aromatic N) is 3. The molecule has 0 aliphatic carbocycles. The van der Waals surface area contributed by atoms with E-state index in [9.17, 15) is 0 Å². The monoisotopic (exact) mass is 259 g/mol. The molecule has 0 aliphatic rings. The van der Waals surface area contributed by atoms with E-state index in [1.165, 1.54) is 0 Å². The van der Waals surface area contributed by atoms with Crippen molar-refractivity contribution in [2.24, 2.45) is 0 Å². The van der Waals surface area contributed by atoms with E-state index in [4.69, 9.17) is 0 Å². The maximum Gasteiger partial charge on any atom is 0.286 e. The smallest absolute Gasteiger partial charge is 0.286 e. The Labute approximate surface area is 110 Å². The second kappa shape index (κ2) is 8.24. The van der Waals surface area contributed by atoms with E-state index in [1.807, 2.05) is 0 Å². The highest BCUT2D eigenvalue weighted by Gasteiger charge is 2.43. The Balaban J connectivity index is 5.29. The van der Waals surface area contributed by atoms with Gasteiger partial charge < -0.3 is 13.7 Å². The molecule has 0 rings (SSSR count). The van der Waals surface area contributed by atoms with E-state index < -0.39 is 8.56 Å². The first kappa shape index (κ1) is 17.1. The van der Waals surface area contributed by atoms with Gasteiger partial charge in [0.2, 0.25) is 0 Å². The van der Waals surface area contributed by atoms with Crippen molar-refractivity contribution in [1.82, 2.24) is 13.7 Å². The summed E-state index contributed by atoms with van der Waals surface area (Å²) in [7, 11) is -1.64. The Morgan fingerprint density at radius 3 is 0.824 bits per heavy atom. The molecule has 0 unspecified atom stereocenters. The van der Waals surface area contributed by atoms with Crippen LogP contribution in [0, 0.1) is 0 Å². The summed E-state index contributed by atoms with van der Waals surface area (Å²) in [5, 5.41) is 0. The van der Waals surface area contributed by atoms with Crippen LogP contribution in [-0.2, 0) is 0 Å². The van der Waals surface area contributed by atoms with Crippen LogP contribution in [0.5, 0.6) is 0 Å². The first-order chi connectivity index (χ1) is 8.06. The zero-order chi connectivity index (χ0) is 13.5. The largest absolute Gasteiger partial charge is 0.300 e. The van der Waals surface area contributed by atoms with Crippen molar-refractivity contribution >= 4 is 8.56 Å². The van der Waals surface area contributed by atoms with E-state index in [0.717, 1.165) is 39.3 Å². The van der Waals surface area contributed by atoms with E-state index in [2.05, 4.69) is 61.8 Å². The molecule has 0 bridgehead atoms. The van der Waals surface area contributed by atoms with Crippen molar-refractivity contribution < 1.29 is 0 Å². The van der Waals surface area contributed by atoms with Gasteiger partial charge in [0, 0.05) is 0 Å². The molecule has 104 valence electrons. The fourth-order valence-corrected chi connectivity index (χ4v) is 7.86. The predicted molar refractivity (Wildman–Crippen MR) is 80.4 cm³/mol. The summed E-state index contributed by atoms with van der Waals surface area (Å²) in [6, 6.07) is 0. The summed E-state index contributed by atoms with van der Waals surface area (Å²) in [5.74, 6) is 0. The molecule has 0 spiro atoms. The van der Waals surface area contributed by atoms with Crippen LogP contribution in [0.1, 0.15) is 41.5 Å². The zero-order valence-corrected chi connectivity index (χ0v) is 14.1. The van der Waals surface area contributed by atoms with Gasteiger partial charge in [-0.05, 0) is 45.8 Å². The number of hydrogen-bond donors (Lipinski definition) is 0. The van der Waals surface area contributed by atoms with Crippen LogP contribution < -0.4 is 0 Å². The van der Waals surface area contributed by atoms with Crippen molar-refractivity contribution in [3.05, 3.63) is 0 Å². The van der Waals surface area contributed by atoms with E-state index in [1.54, 1.807) is 0 Å². The zero-order valence-electron chi connectivity index (χ0n) is 13.1. The molecule has 0 radical (unpaired) electrons. The molecule has 0 amide bonds. The second-order valence-corrected chi connectivity index (χ2v) is 8.33. The van der Waals surface area contributed by atoms with Crippen LogP contribution in [0.4, 0.5) is 0 Å². The molecule has 0 aromatic heterocycles. The quantitative estimate of drug-likeness (QED) is 0.589. The van der Waals surface area contributed by atoms with E-state index >= 15 is 0 Å². The first-order valence-corrected chi connectivity index (χ1v) is 9.65. The summed E-state index contributed by atoms with van der Waals surface area (Å²) in [4.78, 5) is 0. The van der Waals surface area contributed by atoms with Crippen molar-refractivity contribution in [2.75, 3.05) is 39.3 Å². The normalized spacial score (nSPS) is 13.1. The molecule has 0 atom stereocenters. The first-order valence-electron chi connectivity index (χ1n) is 7.31. The van der Waals surface area contributed by atoms with Gasteiger partial charge in [-0.1, -0.05) is 41.5 Å². The van der Waals surface area contributed by atoms with Crippen LogP contribution in [0.15, 0.2) is 0 Å². The number of hydrogen-bond acceptors (Lipinski definition) is 3. The molecule has 3 nitrogen and oxygen atoms in total. The summed E-state index contributed by atoms with van der Waals surface area (Å²) in [5.41, 5.74) is 0.